The summed E-state index contributed by atoms with van der Waals surface area (Å²) in [6.07, 6.45) is 7.91. The van der Waals surface area contributed by atoms with Gasteiger partial charge in [-0.25, -0.2) is 0 Å². The summed E-state index contributed by atoms with van der Waals surface area (Å²) in [7, 11) is 0. The predicted octanol–water partition coefficient (Wildman–Crippen LogP) is 4.47. The van der Waals surface area contributed by atoms with Gasteiger partial charge in [-0.3, -0.25) is 4.79 Å². The average molecular weight is 335 g/mol. The van der Waals surface area contributed by atoms with Crippen LogP contribution in [0, 0.1) is 19.3 Å². The van der Waals surface area contributed by atoms with Gasteiger partial charge in [-0.2, -0.15) is 0 Å². The SMILES string of the molecule is C#CC[C@@](CC=C)(C(N)=O)c1ccccc1Sc1ccc(C)cc1. The molecule has 0 spiro atoms. The maximum atomic E-state index is 12.3. The second-order valence-electron chi connectivity index (χ2n) is 5.73. The van der Waals surface area contributed by atoms with Crippen molar-refractivity contribution in [2.24, 2.45) is 5.73 Å². The zero-order valence-electron chi connectivity index (χ0n) is 13.8. The summed E-state index contributed by atoms with van der Waals surface area (Å²) in [6, 6.07) is 16.1. The number of terminal acetylenes is 1. The highest BCUT2D eigenvalue weighted by Gasteiger charge is 2.38. The average Bonchev–Trinajstić information content (AvgIpc) is 2.57. The Balaban J connectivity index is 2.52. The van der Waals surface area contributed by atoms with Crippen LogP contribution in [0.15, 0.2) is 71.0 Å². The van der Waals surface area contributed by atoms with Gasteiger partial charge in [-0.15, -0.1) is 18.9 Å². The van der Waals surface area contributed by atoms with Crippen LogP contribution >= 0.6 is 11.8 Å². The molecule has 0 aromatic heterocycles. The maximum absolute atomic E-state index is 12.3. The Morgan fingerprint density at radius 2 is 1.96 bits per heavy atom. The van der Waals surface area contributed by atoms with E-state index in [2.05, 4.69) is 43.7 Å². The Hall–Kier alpha value is -2.44. The topological polar surface area (TPSA) is 43.1 Å². The molecule has 0 aliphatic carbocycles. The third kappa shape index (κ3) is 3.72. The van der Waals surface area contributed by atoms with Crippen LogP contribution < -0.4 is 5.73 Å². The molecular weight excluding hydrogens is 314 g/mol. The lowest BCUT2D eigenvalue weighted by Crippen LogP contribution is -2.41. The molecule has 0 saturated carbocycles. The molecule has 0 bridgehead atoms. The molecule has 0 heterocycles. The van der Waals surface area contributed by atoms with Gasteiger partial charge in [0.15, 0.2) is 0 Å². The van der Waals surface area contributed by atoms with Gasteiger partial charge in [0.1, 0.15) is 0 Å². The lowest BCUT2D eigenvalue weighted by Gasteiger charge is -2.30. The van der Waals surface area contributed by atoms with Gasteiger partial charge in [-0.05, 0) is 37.1 Å². The molecule has 2 rings (SSSR count). The molecule has 24 heavy (non-hydrogen) atoms. The number of hydrogen-bond donors (Lipinski definition) is 1. The van der Waals surface area contributed by atoms with E-state index >= 15 is 0 Å². The van der Waals surface area contributed by atoms with Crippen LogP contribution in [0.4, 0.5) is 0 Å². The van der Waals surface area contributed by atoms with Gasteiger partial charge in [-0.1, -0.05) is 53.7 Å². The number of allylic oxidation sites excluding steroid dienone is 1. The number of benzene rings is 2. The Morgan fingerprint density at radius 1 is 1.29 bits per heavy atom. The van der Waals surface area contributed by atoms with Crippen LogP contribution in [0.25, 0.3) is 0 Å². The summed E-state index contributed by atoms with van der Waals surface area (Å²) in [6.45, 7) is 5.83. The molecule has 122 valence electrons. The molecule has 0 aliphatic heterocycles. The van der Waals surface area contributed by atoms with Crippen molar-refractivity contribution in [1.29, 1.82) is 0 Å². The van der Waals surface area contributed by atoms with E-state index in [4.69, 9.17) is 12.2 Å². The fourth-order valence-corrected chi connectivity index (χ4v) is 3.75. The number of carbonyl (C=O) groups excluding carboxylic acids is 1. The van der Waals surface area contributed by atoms with Crippen LogP contribution in [0.5, 0.6) is 0 Å². The lowest BCUT2D eigenvalue weighted by atomic mass is 9.74. The normalized spacial score (nSPS) is 12.8. The first kappa shape index (κ1) is 17.9. The van der Waals surface area contributed by atoms with Gasteiger partial charge in [0.25, 0.3) is 0 Å². The number of hydrogen-bond acceptors (Lipinski definition) is 2. The molecule has 2 N–H and O–H groups in total. The molecule has 1 atom stereocenters. The Kier molecular flexibility index (Phi) is 5.89. The van der Waals surface area contributed by atoms with Crippen LogP contribution in [-0.2, 0) is 10.2 Å². The first-order chi connectivity index (χ1) is 11.5. The second-order valence-corrected chi connectivity index (χ2v) is 6.85. The number of carbonyl (C=O) groups is 1. The van der Waals surface area contributed by atoms with Crippen LogP contribution in [0.2, 0.25) is 0 Å². The van der Waals surface area contributed by atoms with Crippen molar-refractivity contribution in [2.75, 3.05) is 0 Å². The maximum Gasteiger partial charge on any atom is 0.229 e. The third-order valence-corrected chi connectivity index (χ3v) is 5.10. The number of aryl methyl sites for hydroxylation is 1. The van der Waals surface area contributed by atoms with Gasteiger partial charge in [0, 0.05) is 16.2 Å². The molecule has 2 aromatic rings. The lowest BCUT2D eigenvalue weighted by molar-refractivity contribution is -0.123. The van der Waals surface area contributed by atoms with Crippen molar-refractivity contribution in [2.45, 2.75) is 35.0 Å². The molecule has 2 nitrogen and oxygen atoms in total. The summed E-state index contributed by atoms with van der Waals surface area (Å²) >= 11 is 1.61. The van der Waals surface area contributed by atoms with E-state index in [0.717, 1.165) is 15.4 Å². The highest BCUT2D eigenvalue weighted by molar-refractivity contribution is 7.99. The smallest absolute Gasteiger partial charge is 0.229 e. The molecule has 0 unspecified atom stereocenters. The van der Waals surface area contributed by atoms with Crippen molar-refractivity contribution in [1.82, 2.24) is 0 Å². The molecule has 3 heteroatoms. The minimum atomic E-state index is -0.926. The van der Waals surface area contributed by atoms with Crippen molar-refractivity contribution >= 4 is 17.7 Å². The van der Waals surface area contributed by atoms with Crippen molar-refractivity contribution < 1.29 is 4.79 Å². The van der Waals surface area contributed by atoms with Gasteiger partial charge < -0.3 is 5.73 Å². The second kappa shape index (κ2) is 7.90. The van der Waals surface area contributed by atoms with E-state index in [0.29, 0.717) is 6.42 Å². The highest BCUT2D eigenvalue weighted by atomic mass is 32.2. The van der Waals surface area contributed by atoms with Crippen molar-refractivity contribution in [3.63, 3.8) is 0 Å². The number of nitrogens with two attached hydrogens (primary N) is 1. The summed E-state index contributed by atoms with van der Waals surface area (Å²) < 4.78 is 0. The minimum absolute atomic E-state index is 0.250. The monoisotopic (exact) mass is 335 g/mol. The summed E-state index contributed by atoms with van der Waals surface area (Å²) in [4.78, 5) is 14.4. The number of primary amides is 1. The highest BCUT2D eigenvalue weighted by Crippen LogP contribution is 2.40. The van der Waals surface area contributed by atoms with Crippen LogP contribution in [0.1, 0.15) is 24.0 Å². The van der Waals surface area contributed by atoms with Crippen molar-refractivity contribution in [3.05, 3.63) is 72.3 Å². The van der Waals surface area contributed by atoms with Crippen LogP contribution in [0.3, 0.4) is 0 Å². The van der Waals surface area contributed by atoms with E-state index in [-0.39, 0.29) is 6.42 Å². The predicted molar refractivity (Wildman–Crippen MR) is 101 cm³/mol. The summed E-state index contributed by atoms with van der Waals surface area (Å²) in [5.74, 6) is 2.19. The quantitative estimate of drug-likeness (QED) is 0.599. The molecule has 0 saturated heterocycles. The van der Waals surface area contributed by atoms with Gasteiger partial charge >= 0.3 is 0 Å². The summed E-state index contributed by atoms with van der Waals surface area (Å²) in [5, 5.41) is 0. The van der Waals surface area contributed by atoms with E-state index in [9.17, 15) is 4.79 Å². The molecule has 1 amide bonds. The molecule has 0 radical (unpaired) electrons. The fraction of sp³-hybridized carbons (Fsp3) is 0.190. The number of rotatable bonds is 7. The van der Waals surface area contributed by atoms with Crippen molar-refractivity contribution in [3.8, 4) is 12.3 Å². The zero-order chi connectivity index (χ0) is 17.6. The Bertz CT molecular complexity index is 773. The fourth-order valence-electron chi connectivity index (χ4n) is 2.70. The molecule has 2 aromatic carbocycles. The van der Waals surface area contributed by atoms with Gasteiger partial charge in [0.05, 0.1) is 5.41 Å². The third-order valence-electron chi connectivity index (χ3n) is 4.02. The van der Waals surface area contributed by atoms with E-state index < -0.39 is 11.3 Å². The molecular formula is C21H21NOS. The van der Waals surface area contributed by atoms with Crippen LogP contribution in [-0.4, -0.2) is 5.91 Å². The first-order valence-electron chi connectivity index (χ1n) is 7.72. The molecule has 0 fully saturated rings. The zero-order valence-corrected chi connectivity index (χ0v) is 14.6. The van der Waals surface area contributed by atoms with Gasteiger partial charge in [0.2, 0.25) is 5.91 Å². The van der Waals surface area contributed by atoms with E-state index in [1.54, 1.807) is 17.8 Å². The first-order valence-corrected chi connectivity index (χ1v) is 8.53. The summed E-state index contributed by atoms with van der Waals surface area (Å²) in [5.41, 5.74) is 6.91. The Morgan fingerprint density at radius 3 is 2.54 bits per heavy atom. The standard InChI is InChI=1S/C21H21NOS/c1-4-14-21(15-5-2,20(22)23)18-8-6-7-9-19(18)24-17-12-10-16(3)11-13-17/h1,5-13H,2,14-15H2,3H3,(H2,22,23)/t21-/m0/s1. The van der Waals surface area contributed by atoms with E-state index in [1.807, 2.05) is 24.3 Å². The Labute approximate surface area is 148 Å². The van der Waals surface area contributed by atoms with E-state index in [1.165, 1.54) is 5.56 Å². The largest absolute Gasteiger partial charge is 0.369 e. The minimum Gasteiger partial charge on any atom is -0.369 e. The number of amides is 1. The molecule has 0 aliphatic rings.